The molecule has 1 N–H and O–H groups in total. The van der Waals surface area contributed by atoms with Crippen molar-refractivity contribution in [3.05, 3.63) is 18.0 Å². The molecule has 0 aliphatic carbocycles. The molecule has 0 saturated carbocycles. The third-order valence-electron chi connectivity index (χ3n) is 2.42. The van der Waals surface area contributed by atoms with Crippen molar-refractivity contribution < 1.29 is 0 Å². The predicted molar refractivity (Wildman–Crippen MR) is 63.9 cm³/mol. The predicted octanol–water partition coefficient (Wildman–Crippen LogP) is 2.22. The third kappa shape index (κ3) is 4.98. The van der Waals surface area contributed by atoms with Crippen molar-refractivity contribution in [1.82, 2.24) is 15.1 Å². The van der Waals surface area contributed by atoms with Gasteiger partial charge < -0.3 is 5.32 Å². The van der Waals surface area contributed by atoms with E-state index in [0.717, 1.165) is 19.0 Å². The van der Waals surface area contributed by atoms with E-state index in [9.17, 15) is 0 Å². The highest BCUT2D eigenvalue weighted by atomic mass is 15.3. The maximum atomic E-state index is 4.25. The van der Waals surface area contributed by atoms with Crippen LogP contribution in [0.1, 0.15) is 32.8 Å². The normalized spacial score (nSPS) is 13.4. The summed E-state index contributed by atoms with van der Waals surface area (Å²) in [5.41, 5.74) is 1.23. The smallest absolute Gasteiger partial charge is 0.0534 e. The SMILES string of the molecule is Cc1cnn(CCNC(C)CC(C)C)c1. The summed E-state index contributed by atoms with van der Waals surface area (Å²) < 4.78 is 1.99. The van der Waals surface area contributed by atoms with E-state index < -0.39 is 0 Å². The maximum Gasteiger partial charge on any atom is 0.0534 e. The van der Waals surface area contributed by atoms with Crippen LogP contribution in [-0.4, -0.2) is 22.4 Å². The van der Waals surface area contributed by atoms with Gasteiger partial charge in [0, 0.05) is 18.8 Å². The van der Waals surface area contributed by atoms with E-state index in [0.29, 0.717) is 6.04 Å². The number of rotatable bonds is 6. The molecule has 1 aromatic rings. The number of hydrogen-bond acceptors (Lipinski definition) is 2. The summed E-state index contributed by atoms with van der Waals surface area (Å²) in [6, 6.07) is 0.599. The Balaban J connectivity index is 2.16. The Labute approximate surface area is 92.9 Å². The lowest BCUT2D eigenvalue weighted by molar-refractivity contribution is 0.426. The first-order valence-corrected chi connectivity index (χ1v) is 5.80. The topological polar surface area (TPSA) is 29.9 Å². The van der Waals surface area contributed by atoms with Crippen molar-refractivity contribution in [2.75, 3.05) is 6.54 Å². The average molecular weight is 209 g/mol. The fourth-order valence-electron chi connectivity index (χ4n) is 1.81. The van der Waals surface area contributed by atoms with Crippen molar-refractivity contribution in [1.29, 1.82) is 0 Å². The Morgan fingerprint density at radius 2 is 2.13 bits per heavy atom. The van der Waals surface area contributed by atoms with Crippen LogP contribution in [0.4, 0.5) is 0 Å². The number of nitrogens with zero attached hydrogens (tertiary/aromatic N) is 2. The minimum absolute atomic E-state index is 0.599. The highest BCUT2D eigenvalue weighted by Gasteiger charge is 2.03. The standard InChI is InChI=1S/C12H23N3/c1-10(2)7-12(4)13-5-6-15-9-11(3)8-14-15/h8-10,12-13H,5-7H2,1-4H3. The van der Waals surface area contributed by atoms with E-state index in [1.54, 1.807) is 0 Å². The number of nitrogens with one attached hydrogen (secondary N) is 1. The van der Waals surface area contributed by atoms with Crippen molar-refractivity contribution in [3.63, 3.8) is 0 Å². The first-order valence-electron chi connectivity index (χ1n) is 5.80. The zero-order valence-electron chi connectivity index (χ0n) is 10.3. The molecule has 86 valence electrons. The molecule has 1 rings (SSSR count). The first-order chi connectivity index (χ1) is 7.08. The Morgan fingerprint density at radius 3 is 2.67 bits per heavy atom. The lowest BCUT2D eigenvalue weighted by Crippen LogP contribution is -2.30. The van der Waals surface area contributed by atoms with E-state index in [1.165, 1.54) is 12.0 Å². The second-order valence-electron chi connectivity index (χ2n) is 4.77. The maximum absolute atomic E-state index is 4.25. The molecule has 0 spiro atoms. The monoisotopic (exact) mass is 209 g/mol. The molecule has 3 nitrogen and oxygen atoms in total. The molecular formula is C12H23N3. The van der Waals surface area contributed by atoms with Gasteiger partial charge in [-0.2, -0.15) is 5.10 Å². The Morgan fingerprint density at radius 1 is 1.40 bits per heavy atom. The molecule has 0 bridgehead atoms. The molecule has 0 radical (unpaired) electrons. The van der Waals surface area contributed by atoms with Crippen LogP contribution in [0.2, 0.25) is 0 Å². The Kier molecular flexibility index (Phi) is 4.82. The van der Waals surface area contributed by atoms with Gasteiger partial charge in [0.25, 0.3) is 0 Å². The first kappa shape index (κ1) is 12.2. The number of aromatic nitrogens is 2. The van der Waals surface area contributed by atoms with Crippen LogP contribution in [0.25, 0.3) is 0 Å². The van der Waals surface area contributed by atoms with E-state index in [-0.39, 0.29) is 0 Å². The van der Waals surface area contributed by atoms with Crippen LogP contribution in [0.5, 0.6) is 0 Å². The van der Waals surface area contributed by atoms with Crippen LogP contribution in [0, 0.1) is 12.8 Å². The van der Waals surface area contributed by atoms with Gasteiger partial charge in [-0.1, -0.05) is 13.8 Å². The molecule has 15 heavy (non-hydrogen) atoms. The van der Waals surface area contributed by atoms with Gasteiger partial charge >= 0.3 is 0 Å². The fourth-order valence-corrected chi connectivity index (χ4v) is 1.81. The van der Waals surface area contributed by atoms with Gasteiger partial charge in [0.1, 0.15) is 0 Å². The summed E-state index contributed by atoms with van der Waals surface area (Å²) >= 11 is 0. The largest absolute Gasteiger partial charge is 0.312 e. The van der Waals surface area contributed by atoms with Crippen LogP contribution >= 0.6 is 0 Å². The molecule has 0 aliphatic rings. The molecule has 1 heterocycles. The zero-order chi connectivity index (χ0) is 11.3. The van der Waals surface area contributed by atoms with Gasteiger partial charge in [-0.3, -0.25) is 4.68 Å². The van der Waals surface area contributed by atoms with Gasteiger partial charge in [0.05, 0.1) is 12.7 Å². The third-order valence-corrected chi connectivity index (χ3v) is 2.42. The molecule has 3 heteroatoms. The lowest BCUT2D eigenvalue weighted by Gasteiger charge is -2.15. The van der Waals surface area contributed by atoms with Crippen molar-refractivity contribution >= 4 is 0 Å². The zero-order valence-corrected chi connectivity index (χ0v) is 10.3. The van der Waals surface area contributed by atoms with Gasteiger partial charge in [-0.25, -0.2) is 0 Å². The number of aryl methyl sites for hydroxylation is 1. The van der Waals surface area contributed by atoms with Crippen molar-refractivity contribution in [2.24, 2.45) is 5.92 Å². The Hall–Kier alpha value is -0.830. The van der Waals surface area contributed by atoms with Crippen LogP contribution in [0.3, 0.4) is 0 Å². The highest BCUT2D eigenvalue weighted by Crippen LogP contribution is 2.03. The minimum Gasteiger partial charge on any atom is -0.312 e. The minimum atomic E-state index is 0.599. The highest BCUT2D eigenvalue weighted by molar-refractivity contribution is 4.99. The second-order valence-corrected chi connectivity index (χ2v) is 4.77. The quantitative estimate of drug-likeness (QED) is 0.778. The van der Waals surface area contributed by atoms with E-state index in [2.05, 4.69) is 44.3 Å². The molecule has 0 saturated heterocycles. The molecule has 0 fully saturated rings. The van der Waals surface area contributed by atoms with Gasteiger partial charge in [0.2, 0.25) is 0 Å². The molecule has 0 aromatic carbocycles. The van der Waals surface area contributed by atoms with E-state index >= 15 is 0 Å². The summed E-state index contributed by atoms with van der Waals surface area (Å²) in [4.78, 5) is 0. The van der Waals surface area contributed by atoms with Crippen LogP contribution < -0.4 is 5.32 Å². The summed E-state index contributed by atoms with van der Waals surface area (Å²) in [6.45, 7) is 10.8. The summed E-state index contributed by atoms with van der Waals surface area (Å²) in [6.07, 6.45) is 5.21. The fraction of sp³-hybridized carbons (Fsp3) is 0.750. The summed E-state index contributed by atoms with van der Waals surface area (Å²) in [7, 11) is 0. The van der Waals surface area contributed by atoms with E-state index in [1.807, 2.05) is 10.9 Å². The van der Waals surface area contributed by atoms with Gasteiger partial charge in [0.15, 0.2) is 0 Å². The molecule has 1 aromatic heterocycles. The second kappa shape index (κ2) is 5.91. The van der Waals surface area contributed by atoms with Crippen LogP contribution in [-0.2, 0) is 6.54 Å². The van der Waals surface area contributed by atoms with Crippen LogP contribution in [0.15, 0.2) is 12.4 Å². The van der Waals surface area contributed by atoms with Crippen molar-refractivity contribution in [3.8, 4) is 0 Å². The molecule has 1 unspecified atom stereocenters. The van der Waals surface area contributed by atoms with Crippen molar-refractivity contribution in [2.45, 2.75) is 46.7 Å². The molecular weight excluding hydrogens is 186 g/mol. The lowest BCUT2D eigenvalue weighted by atomic mass is 10.1. The molecule has 0 aliphatic heterocycles. The molecule has 0 amide bonds. The summed E-state index contributed by atoms with van der Waals surface area (Å²) in [5, 5.41) is 7.76. The number of hydrogen-bond donors (Lipinski definition) is 1. The Bertz CT molecular complexity index is 278. The average Bonchev–Trinajstić information content (AvgIpc) is 2.50. The van der Waals surface area contributed by atoms with Gasteiger partial charge in [-0.05, 0) is 31.7 Å². The van der Waals surface area contributed by atoms with Gasteiger partial charge in [-0.15, -0.1) is 0 Å². The van der Waals surface area contributed by atoms with E-state index in [4.69, 9.17) is 0 Å². The summed E-state index contributed by atoms with van der Waals surface area (Å²) in [5.74, 6) is 0.763. The molecule has 1 atom stereocenters.